The molecule has 5 nitrogen and oxygen atoms in total. The third kappa shape index (κ3) is 4.99. The maximum atomic E-state index is 13.8. The van der Waals surface area contributed by atoms with E-state index in [1.807, 2.05) is 0 Å². The van der Waals surface area contributed by atoms with E-state index >= 15 is 0 Å². The lowest BCUT2D eigenvalue weighted by Crippen LogP contribution is -2.45. The fourth-order valence-corrected chi connectivity index (χ4v) is 2.84. The highest BCUT2D eigenvalue weighted by atomic mass is 19.1. The fourth-order valence-electron chi connectivity index (χ4n) is 2.84. The summed E-state index contributed by atoms with van der Waals surface area (Å²) in [4.78, 5) is 16.0. The molecule has 2 unspecified atom stereocenters. The molecule has 0 aliphatic carbocycles. The van der Waals surface area contributed by atoms with Gasteiger partial charge in [-0.2, -0.15) is 0 Å². The number of aliphatic hydroxyl groups excluding tert-OH is 1. The van der Waals surface area contributed by atoms with Crippen LogP contribution < -0.4 is 0 Å². The molecule has 1 aromatic carbocycles. The van der Waals surface area contributed by atoms with E-state index in [0.29, 0.717) is 25.3 Å². The van der Waals surface area contributed by atoms with E-state index in [1.165, 1.54) is 11.0 Å². The smallest absolute Gasteiger partial charge is 0.229 e. The molecule has 2 atom stereocenters. The summed E-state index contributed by atoms with van der Waals surface area (Å²) in [6.45, 7) is 5.36. The minimum atomic E-state index is -0.630. The zero-order valence-corrected chi connectivity index (χ0v) is 13.7. The average molecular weight is 324 g/mol. The van der Waals surface area contributed by atoms with Crippen molar-refractivity contribution in [2.24, 2.45) is 0 Å². The summed E-state index contributed by atoms with van der Waals surface area (Å²) in [5.74, 6) is -1.15. The largest absolute Gasteiger partial charge is 0.390 e. The van der Waals surface area contributed by atoms with Crippen molar-refractivity contribution in [3.05, 3.63) is 35.6 Å². The van der Waals surface area contributed by atoms with E-state index in [0.717, 1.165) is 13.1 Å². The Kier molecular flexibility index (Phi) is 6.50. The van der Waals surface area contributed by atoms with Crippen molar-refractivity contribution in [2.75, 3.05) is 46.4 Å². The molecule has 2 rings (SSSR count). The molecular weight excluding hydrogens is 299 g/mol. The number of nitrogens with zero attached hydrogens (tertiary/aromatic N) is 2. The average Bonchev–Trinajstić information content (AvgIpc) is 2.54. The van der Waals surface area contributed by atoms with Crippen LogP contribution in [0.1, 0.15) is 18.4 Å². The summed E-state index contributed by atoms with van der Waals surface area (Å²) in [6, 6.07) is 6.30. The van der Waals surface area contributed by atoms with Crippen LogP contribution in [0.5, 0.6) is 0 Å². The monoisotopic (exact) mass is 324 g/mol. The number of aliphatic hydroxyl groups is 1. The van der Waals surface area contributed by atoms with Gasteiger partial charge in [-0.1, -0.05) is 18.2 Å². The van der Waals surface area contributed by atoms with E-state index in [-0.39, 0.29) is 18.3 Å². The zero-order valence-electron chi connectivity index (χ0n) is 13.7. The van der Waals surface area contributed by atoms with Gasteiger partial charge in [-0.05, 0) is 18.6 Å². The van der Waals surface area contributed by atoms with Crippen molar-refractivity contribution in [3.8, 4) is 0 Å². The molecule has 1 aliphatic rings. The summed E-state index contributed by atoms with van der Waals surface area (Å²) in [6.07, 6.45) is -0.630. The van der Waals surface area contributed by atoms with Crippen molar-refractivity contribution in [1.29, 1.82) is 0 Å². The summed E-state index contributed by atoms with van der Waals surface area (Å²) >= 11 is 0. The van der Waals surface area contributed by atoms with Crippen LogP contribution >= 0.6 is 0 Å². The number of carbonyl (C=O) groups excluding carboxylic acids is 1. The van der Waals surface area contributed by atoms with Gasteiger partial charge in [-0.3, -0.25) is 9.69 Å². The summed E-state index contributed by atoms with van der Waals surface area (Å²) < 4.78 is 19.1. The molecule has 1 amide bonds. The van der Waals surface area contributed by atoms with Crippen molar-refractivity contribution in [1.82, 2.24) is 9.80 Å². The van der Waals surface area contributed by atoms with Gasteiger partial charge < -0.3 is 14.7 Å². The number of benzene rings is 1. The Morgan fingerprint density at radius 2 is 2.04 bits per heavy atom. The molecule has 0 spiro atoms. The second-order valence-corrected chi connectivity index (χ2v) is 6.03. The molecule has 128 valence electrons. The van der Waals surface area contributed by atoms with E-state index in [9.17, 15) is 14.3 Å². The Morgan fingerprint density at radius 3 is 2.70 bits per heavy atom. The molecular formula is C17H25FN2O3. The van der Waals surface area contributed by atoms with Crippen LogP contribution in [0.25, 0.3) is 0 Å². The normalized spacial score (nSPS) is 18.4. The SMILES string of the molecule is CC(C(=O)N(C)CC(O)CN1CCOCC1)c1ccccc1F. The fraction of sp³-hybridized carbons (Fsp3) is 0.588. The maximum absolute atomic E-state index is 13.8. The molecule has 1 aromatic rings. The first-order chi connectivity index (χ1) is 11.0. The van der Waals surface area contributed by atoms with Crippen LogP contribution in [0.3, 0.4) is 0 Å². The molecule has 0 bridgehead atoms. The highest BCUT2D eigenvalue weighted by molar-refractivity contribution is 5.83. The summed E-state index contributed by atoms with van der Waals surface area (Å²) in [5.41, 5.74) is 0.381. The first-order valence-corrected chi connectivity index (χ1v) is 7.96. The zero-order chi connectivity index (χ0) is 16.8. The number of carbonyl (C=O) groups is 1. The predicted molar refractivity (Wildman–Crippen MR) is 85.7 cm³/mol. The topological polar surface area (TPSA) is 53.0 Å². The van der Waals surface area contributed by atoms with Gasteiger partial charge in [0.05, 0.1) is 25.2 Å². The number of β-amino-alcohol motifs (C(OH)–C–C–N with tert-alkyl or cyclic N) is 1. The van der Waals surface area contributed by atoms with Crippen molar-refractivity contribution in [2.45, 2.75) is 18.9 Å². The van der Waals surface area contributed by atoms with Crippen LogP contribution in [-0.2, 0) is 9.53 Å². The van der Waals surface area contributed by atoms with E-state index in [2.05, 4.69) is 4.90 Å². The maximum Gasteiger partial charge on any atom is 0.229 e. The van der Waals surface area contributed by atoms with Crippen LogP contribution in [-0.4, -0.2) is 73.4 Å². The van der Waals surface area contributed by atoms with Crippen molar-refractivity contribution < 1.29 is 19.0 Å². The number of rotatable bonds is 6. The van der Waals surface area contributed by atoms with Gasteiger partial charge in [0.15, 0.2) is 0 Å². The standard InChI is InChI=1S/C17H25FN2O3/c1-13(15-5-3-4-6-16(15)18)17(22)19(2)11-14(21)12-20-7-9-23-10-8-20/h3-6,13-14,21H,7-12H2,1-2H3. The Morgan fingerprint density at radius 1 is 1.39 bits per heavy atom. The highest BCUT2D eigenvalue weighted by Crippen LogP contribution is 2.20. The first kappa shape index (κ1) is 17.8. The van der Waals surface area contributed by atoms with Crippen LogP contribution in [0, 0.1) is 5.82 Å². The van der Waals surface area contributed by atoms with E-state index in [4.69, 9.17) is 4.74 Å². The third-order valence-electron chi connectivity index (χ3n) is 4.18. The second kappa shape index (κ2) is 8.38. The predicted octanol–water partition coefficient (Wildman–Crippen LogP) is 1.08. The first-order valence-electron chi connectivity index (χ1n) is 7.96. The Balaban J connectivity index is 1.87. The number of hydrogen-bond donors (Lipinski definition) is 1. The van der Waals surface area contributed by atoms with Crippen LogP contribution in [0.2, 0.25) is 0 Å². The van der Waals surface area contributed by atoms with E-state index < -0.39 is 12.0 Å². The van der Waals surface area contributed by atoms with Gasteiger partial charge in [-0.25, -0.2) is 4.39 Å². The molecule has 0 saturated carbocycles. The van der Waals surface area contributed by atoms with Gasteiger partial charge in [0.2, 0.25) is 5.91 Å². The van der Waals surface area contributed by atoms with Crippen LogP contribution in [0.4, 0.5) is 4.39 Å². The number of ether oxygens (including phenoxy) is 1. The molecule has 6 heteroatoms. The molecule has 1 aliphatic heterocycles. The Labute approximate surface area is 136 Å². The lowest BCUT2D eigenvalue weighted by atomic mass is 9.99. The molecule has 23 heavy (non-hydrogen) atoms. The quantitative estimate of drug-likeness (QED) is 0.851. The number of likely N-dealkylation sites (N-methyl/N-ethyl adjacent to an activating group) is 1. The van der Waals surface area contributed by atoms with Crippen molar-refractivity contribution >= 4 is 5.91 Å². The highest BCUT2D eigenvalue weighted by Gasteiger charge is 2.24. The number of halogens is 1. The van der Waals surface area contributed by atoms with Crippen molar-refractivity contribution in [3.63, 3.8) is 0 Å². The number of hydrogen-bond acceptors (Lipinski definition) is 4. The molecule has 1 saturated heterocycles. The van der Waals surface area contributed by atoms with Gasteiger partial charge >= 0.3 is 0 Å². The molecule has 1 N–H and O–H groups in total. The van der Waals surface area contributed by atoms with Gasteiger partial charge in [0, 0.05) is 33.2 Å². The second-order valence-electron chi connectivity index (χ2n) is 6.03. The van der Waals surface area contributed by atoms with E-state index in [1.54, 1.807) is 32.2 Å². The summed E-state index contributed by atoms with van der Waals surface area (Å²) in [5, 5.41) is 10.2. The number of amides is 1. The number of morpholine rings is 1. The van der Waals surface area contributed by atoms with Gasteiger partial charge in [0.1, 0.15) is 5.82 Å². The van der Waals surface area contributed by atoms with Crippen LogP contribution in [0.15, 0.2) is 24.3 Å². The molecule has 0 aromatic heterocycles. The minimum absolute atomic E-state index is 0.198. The minimum Gasteiger partial charge on any atom is -0.390 e. The lowest BCUT2D eigenvalue weighted by molar-refractivity contribution is -0.132. The molecule has 1 fully saturated rings. The molecule has 0 radical (unpaired) electrons. The van der Waals surface area contributed by atoms with Gasteiger partial charge in [0.25, 0.3) is 0 Å². The molecule has 1 heterocycles. The summed E-state index contributed by atoms with van der Waals surface area (Å²) in [7, 11) is 1.64. The lowest BCUT2D eigenvalue weighted by Gasteiger charge is -2.30. The van der Waals surface area contributed by atoms with Gasteiger partial charge in [-0.15, -0.1) is 0 Å². The Hall–Kier alpha value is -1.50. The third-order valence-corrected chi connectivity index (χ3v) is 4.18. The Bertz CT molecular complexity index is 520.